The van der Waals surface area contributed by atoms with Gasteiger partial charge >= 0.3 is 0 Å². The summed E-state index contributed by atoms with van der Waals surface area (Å²) < 4.78 is 16.5. The number of rotatable bonds is 6. The Morgan fingerprint density at radius 2 is 2.14 bits per heavy atom. The van der Waals surface area contributed by atoms with E-state index in [2.05, 4.69) is 15.3 Å². The molecule has 0 fully saturated rings. The summed E-state index contributed by atoms with van der Waals surface area (Å²) in [5.74, 6) is 0.804. The van der Waals surface area contributed by atoms with Gasteiger partial charge < -0.3 is 10.1 Å². The fraction of sp³-hybridized carbons (Fsp3) is 0.214. The van der Waals surface area contributed by atoms with Crippen LogP contribution in [0, 0.1) is 0 Å². The summed E-state index contributed by atoms with van der Waals surface area (Å²) in [7, 11) is -0.945. The van der Waals surface area contributed by atoms with Crippen molar-refractivity contribution in [3.63, 3.8) is 0 Å². The van der Waals surface area contributed by atoms with Crippen LogP contribution in [0.1, 0.15) is 10.4 Å². The van der Waals surface area contributed by atoms with Crippen LogP contribution in [0.15, 0.2) is 42.9 Å². The summed E-state index contributed by atoms with van der Waals surface area (Å²) in [6.07, 6.45) is 6.30. The molecule has 2 aromatic heterocycles. The minimum Gasteiger partial charge on any atom is -0.437 e. The highest BCUT2D eigenvalue weighted by molar-refractivity contribution is 7.84. The molecule has 7 heteroatoms. The Hall–Kier alpha value is -2.28. The Morgan fingerprint density at radius 1 is 1.33 bits per heavy atom. The Bertz CT molecular complexity index is 634. The van der Waals surface area contributed by atoms with Crippen molar-refractivity contribution in [2.24, 2.45) is 0 Å². The lowest BCUT2D eigenvalue weighted by Gasteiger charge is -2.09. The van der Waals surface area contributed by atoms with Crippen molar-refractivity contribution < 1.29 is 13.7 Å². The van der Waals surface area contributed by atoms with Gasteiger partial charge in [0, 0.05) is 41.7 Å². The average Bonchev–Trinajstić information content (AvgIpc) is 2.48. The van der Waals surface area contributed by atoms with Gasteiger partial charge in [0.1, 0.15) is 11.3 Å². The fourth-order valence-corrected chi connectivity index (χ4v) is 1.96. The van der Waals surface area contributed by atoms with Gasteiger partial charge in [-0.2, -0.15) is 0 Å². The maximum atomic E-state index is 12.1. The minimum absolute atomic E-state index is 0.209. The Labute approximate surface area is 125 Å². The number of nitrogens with one attached hydrogen (secondary N) is 1. The molecule has 1 amide bonds. The van der Waals surface area contributed by atoms with E-state index in [4.69, 9.17) is 4.74 Å². The van der Waals surface area contributed by atoms with Gasteiger partial charge in [0.05, 0.1) is 6.20 Å². The predicted octanol–water partition coefficient (Wildman–Crippen LogP) is 1.38. The van der Waals surface area contributed by atoms with Crippen molar-refractivity contribution in [1.29, 1.82) is 0 Å². The van der Waals surface area contributed by atoms with E-state index in [9.17, 15) is 9.00 Å². The van der Waals surface area contributed by atoms with E-state index < -0.39 is 10.8 Å². The third-order valence-electron chi connectivity index (χ3n) is 2.54. The zero-order valence-electron chi connectivity index (χ0n) is 11.5. The normalized spacial score (nSPS) is 11.7. The van der Waals surface area contributed by atoms with Gasteiger partial charge in [0.25, 0.3) is 5.91 Å². The van der Waals surface area contributed by atoms with Crippen LogP contribution in [0.25, 0.3) is 0 Å². The molecule has 0 saturated carbocycles. The van der Waals surface area contributed by atoms with Crippen LogP contribution in [-0.4, -0.2) is 38.6 Å². The molecule has 0 aliphatic heterocycles. The lowest BCUT2D eigenvalue weighted by molar-refractivity contribution is 0.0953. The molecular weight excluding hydrogens is 290 g/mol. The molecule has 0 aromatic carbocycles. The van der Waals surface area contributed by atoms with E-state index in [0.29, 0.717) is 23.6 Å². The van der Waals surface area contributed by atoms with Gasteiger partial charge in [-0.05, 0) is 24.3 Å². The second-order valence-electron chi connectivity index (χ2n) is 4.18. The quantitative estimate of drug-likeness (QED) is 0.872. The molecule has 0 aliphatic rings. The number of hydrogen-bond acceptors (Lipinski definition) is 5. The zero-order chi connectivity index (χ0) is 15.1. The van der Waals surface area contributed by atoms with E-state index in [-0.39, 0.29) is 11.8 Å². The van der Waals surface area contributed by atoms with Crippen LogP contribution < -0.4 is 10.1 Å². The highest BCUT2D eigenvalue weighted by atomic mass is 32.2. The Balaban J connectivity index is 2.09. The van der Waals surface area contributed by atoms with Gasteiger partial charge in [-0.3, -0.25) is 14.0 Å². The average molecular weight is 305 g/mol. The van der Waals surface area contributed by atoms with Crippen LogP contribution in [0.4, 0.5) is 0 Å². The van der Waals surface area contributed by atoms with Crippen molar-refractivity contribution >= 4 is 16.7 Å². The summed E-state index contributed by atoms with van der Waals surface area (Å²) in [4.78, 5) is 20.1. The van der Waals surface area contributed by atoms with Crippen molar-refractivity contribution in [3.05, 3.63) is 48.4 Å². The number of hydrogen-bond donors (Lipinski definition) is 1. The number of aromatic nitrogens is 2. The van der Waals surface area contributed by atoms with Crippen molar-refractivity contribution in [1.82, 2.24) is 15.3 Å². The number of ether oxygens (including phenoxy) is 1. The molecule has 1 N–H and O–H groups in total. The molecular formula is C14H15N3O3S. The lowest BCUT2D eigenvalue weighted by atomic mass is 10.2. The summed E-state index contributed by atoms with van der Waals surface area (Å²) in [5.41, 5.74) is 0.322. The largest absolute Gasteiger partial charge is 0.437 e. The molecule has 2 heterocycles. The highest BCUT2D eigenvalue weighted by Gasteiger charge is 2.14. The van der Waals surface area contributed by atoms with Gasteiger partial charge in [0.2, 0.25) is 5.88 Å². The molecule has 1 unspecified atom stereocenters. The van der Waals surface area contributed by atoms with E-state index in [1.165, 1.54) is 6.20 Å². The zero-order valence-corrected chi connectivity index (χ0v) is 12.3. The second kappa shape index (κ2) is 7.49. The second-order valence-corrected chi connectivity index (χ2v) is 5.73. The Morgan fingerprint density at radius 3 is 2.86 bits per heavy atom. The first kappa shape index (κ1) is 15.1. The van der Waals surface area contributed by atoms with Gasteiger partial charge in [-0.1, -0.05) is 0 Å². The summed E-state index contributed by atoms with van der Waals surface area (Å²) in [6, 6.07) is 6.73. The lowest BCUT2D eigenvalue weighted by Crippen LogP contribution is -2.28. The molecule has 0 spiro atoms. The first-order chi connectivity index (χ1) is 10.2. The third-order valence-corrected chi connectivity index (χ3v) is 3.32. The highest BCUT2D eigenvalue weighted by Crippen LogP contribution is 2.21. The van der Waals surface area contributed by atoms with E-state index in [1.54, 1.807) is 42.9 Å². The minimum atomic E-state index is -0.945. The number of carbonyl (C=O) groups excluding carboxylic acids is 1. The maximum absolute atomic E-state index is 12.1. The summed E-state index contributed by atoms with van der Waals surface area (Å²) in [5, 5.41) is 2.69. The molecule has 0 radical (unpaired) electrons. The molecule has 6 nitrogen and oxygen atoms in total. The number of pyridine rings is 2. The third kappa shape index (κ3) is 4.64. The molecule has 2 rings (SSSR count). The molecule has 0 aliphatic carbocycles. The van der Waals surface area contributed by atoms with Gasteiger partial charge in [-0.15, -0.1) is 0 Å². The van der Waals surface area contributed by atoms with Crippen molar-refractivity contribution in [3.8, 4) is 11.6 Å². The maximum Gasteiger partial charge on any atom is 0.256 e. The number of nitrogens with zero attached hydrogens (tertiary/aromatic N) is 2. The fourth-order valence-electron chi connectivity index (χ4n) is 1.57. The Kier molecular flexibility index (Phi) is 5.39. The van der Waals surface area contributed by atoms with E-state index in [1.807, 2.05) is 0 Å². The van der Waals surface area contributed by atoms with Crippen LogP contribution >= 0.6 is 0 Å². The molecule has 21 heavy (non-hydrogen) atoms. The standard InChI is InChI=1S/C14H15N3O3S/c1-21(19)9-8-16-13(18)12-5-3-7-17-14(12)20-11-4-2-6-15-10-11/h2-7,10H,8-9H2,1H3,(H,16,18). The monoisotopic (exact) mass is 305 g/mol. The predicted molar refractivity (Wildman–Crippen MR) is 79.8 cm³/mol. The first-order valence-electron chi connectivity index (χ1n) is 6.28. The van der Waals surface area contributed by atoms with Crippen LogP contribution in [0.3, 0.4) is 0 Å². The SMILES string of the molecule is CS(=O)CCNC(=O)c1cccnc1Oc1cccnc1. The topological polar surface area (TPSA) is 81.2 Å². The molecule has 0 bridgehead atoms. The smallest absolute Gasteiger partial charge is 0.256 e. The molecule has 1 atom stereocenters. The van der Waals surface area contributed by atoms with E-state index >= 15 is 0 Å². The molecule has 110 valence electrons. The summed E-state index contributed by atoms with van der Waals surface area (Å²) >= 11 is 0. The number of carbonyl (C=O) groups is 1. The van der Waals surface area contributed by atoms with Crippen LogP contribution in [0.2, 0.25) is 0 Å². The van der Waals surface area contributed by atoms with Crippen molar-refractivity contribution in [2.75, 3.05) is 18.6 Å². The van der Waals surface area contributed by atoms with Gasteiger partial charge in [0.15, 0.2) is 0 Å². The van der Waals surface area contributed by atoms with Crippen molar-refractivity contribution in [2.45, 2.75) is 0 Å². The summed E-state index contributed by atoms with van der Waals surface area (Å²) in [6.45, 7) is 0.336. The molecule has 0 saturated heterocycles. The van der Waals surface area contributed by atoms with E-state index in [0.717, 1.165) is 0 Å². The first-order valence-corrected chi connectivity index (χ1v) is 8.00. The van der Waals surface area contributed by atoms with Crippen LogP contribution in [0.5, 0.6) is 11.6 Å². The molecule has 2 aromatic rings. The number of amides is 1. The van der Waals surface area contributed by atoms with Crippen LogP contribution in [-0.2, 0) is 10.8 Å². The van der Waals surface area contributed by atoms with Gasteiger partial charge in [-0.25, -0.2) is 4.98 Å².